The Kier molecular flexibility index (Phi) is 6.66. The molecular weight excluding hydrogens is 354 g/mol. The molecule has 0 saturated heterocycles. The highest BCUT2D eigenvalue weighted by atomic mass is 32.2. The van der Waals surface area contributed by atoms with Crippen molar-refractivity contribution in [1.82, 2.24) is 4.98 Å². The Morgan fingerprint density at radius 3 is 2.15 bits per heavy atom. The maximum absolute atomic E-state index is 12.2. The molecular formula is C23H23NO2S. The van der Waals surface area contributed by atoms with Crippen LogP contribution in [-0.4, -0.2) is 16.5 Å². The van der Waals surface area contributed by atoms with Gasteiger partial charge in [-0.2, -0.15) is 0 Å². The Hall–Kier alpha value is -2.59. The minimum absolute atomic E-state index is 0.0967. The summed E-state index contributed by atoms with van der Waals surface area (Å²) in [6, 6.07) is 19.9. The van der Waals surface area contributed by atoms with E-state index in [1.165, 1.54) is 17.3 Å². The van der Waals surface area contributed by atoms with Crippen molar-refractivity contribution in [1.29, 1.82) is 0 Å². The van der Waals surface area contributed by atoms with Crippen LogP contribution in [0.4, 0.5) is 0 Å². The molecule has 3 aromatic rings. The molecule has 1 aromatic heterocycles. The van der Waals surface area contributed by atoms with Gasteiger partial charge in [0.2, 0.25) is 0 Å². The molecule has 3 nitrogen and oxygen atoms in total. The SMILES string of the molecule is CCC(=CC(=O)CSc1nc(-c2ccccc2)c(-c2ccccc2)o1)CC. The molecule has 0 amide bonds. The van der Waals surface area contributed by atoms with Gasteiger partial charge in [-0.15, -0.1) is 0 Å². The fraction of sp³-hybridized carbons (Fsp3) is 0.217. The molecule has 0 unspecified atom stereocenters. The summed E-state index contributed by atoms with van der Waals surface area (Å²) in [6.07, 6.45) is 3.57. The number of ketones is 1. The van der Waals surface area contributed by atoms with Gasteiger partial charge in [0.1, 0.15) is 5.69 Å². The van der Waals surface area contributed by atoms with Gasteiger partial charge in [0.25, 0.3) is 5.22 Å². The summed E-state index contributed by atoms with van der Waals surface area (Å²) < 4.78 is 6.04. The van der Waals surface area contributed by atoms with E-state index in [4.69, 9.17) is 4.42 Å². The number of allylic oxidation sites excluding steroid dienone is 2. The van der Waals surface area contributed by atoms with E-state index in [1.807, 2.05) is 60.7 Å². The van der Waals surface area contributed by atoms with Crippen LogP contribution in [0.3, 0.4) is 0 Å². The summed E-state index contributed by atoms with van der Waals surface area (Å²) in [7, 11) is 0. The molecule has 27 heavy (non-hydrogen) atoms. The lowest BCUT2D eigenvalue weighted by atomic mass is 10.1. The summed E-state index contributed by atoms with van der Waals surface area (Å²) in [6.45, 7) is 4.14. The number of benzene rings is 2. The number of carbonyl (C=O) groups excluding carboxylic acids is 1. The van der Waals surface area contributed by atoms with Crippen LogP contribution in [0.15, 0.2) is 82.0 Å². The van der Waals surface area contributed by atoms with Crippen LogP contribution >= 0.6 is 11.8 Å². The van der Waals surface area contributed by atoms with Crippen LogP contribution < -0.4 is 0 Å². The van der Waals surface area contributed by atoms with E-state index in [0.29, 0.717) is 11.0 Å². The average molecular weight is 378 g/mol. The number of nitrogens with zero attached hydrogens (tertiary/aromatic N) is 1. The molecule has 3 rings (SSSR count). The Morgan fingerprint density at radius 1 is 0.963 bits per heavy atom. The summed E-state index contributed by atoms with van der Waals surface area (Å²) >= 11 is 1.34. The van der Waals surface area contributed by atoms with E-state index in [9.17, 15) is 4.79 Å². The first kappa shape index (κ1) is 19.2. The molecule has 0 radical (unpaired) electrons. The van der Waals surface area contributed by atoms with Gasteiger partial charge in [-0.05, 0) is 18.9 Å². The summed E-state index contributed by atoms with van der Waals surface area (Å²) in [5.74, 6) is 1.15. The van der Waals surface area contributed by atoms with Crippen LogP contribution in [-0.2, 0) is 4.79 Å². The van der Waals surface area contributed by atoms with Crippen molar-refractivity contribution in [3.8, 4) is 22.6 Å². The van der Waals surface area contributed by atoms with E-state index < -0.39 is 0 Å². The van der Waals surface area contributed by atoms with E-state index in [0.717, 1.165) is 35.4 Å². The Labute approximate surface area is 164 Å². The molecule has 0 bridgehead atoms. The molecule has 1 heterocycles. The monoisotopic (exact) mass is 377 g/mol. The van der Waals surface area contributed by atoms with Crippen molar-refractivity contribution in [3.63, 3.8) is 0 Å². The first-order chi connectivity index (χ1) is 13.2. The second-order valence-electron chi connectivity index (χ2n) is 6.15. The third kappa shape index (κ3) is 4.98. The van der Waals surface area contributed by atoms with Gasteiger partial charge in [0.05, 0.1) is 5.75 Å². The molecule has 0 aliphatic rings. The maximum Gasteiger partial charge on any atom is 0.257 e. The Balaban J connectivity index is 1.86. The molecule has 0 aliphatic carbocycles. The number of hydrogen-bond acceptors (Lipinski definition) is 4. The average Bonchev–Trinajstić information content (AvgIpc) is 3.16. The lowest BCUT2D eigenvalue weighted by molar-refractivity contribution is -0.112. The lowest BCUT2D eigenvalue weighted by Gasteiger charge is -2.00. The number of oxazole rings is 1. The number of rotatable bonds is 8. The van der Waals surface area contributed by atoms with E-state index >= 15 is 0 Å². The second kappa shape index (κ2) is 9.38. The van der Waals surface area contributed by atoms with Gasteiger partial charge in [-0.1, -0.05) is 91.8 Å². The smallest absolute Gasteiger partial charge is 0.257 e. The summed E-state index contributed by atoms with van der Waals surface area (Å²) in [5.41, 5.74) is 3.94. The highest BCUT2D eigenvalue weighted by Gasteiger charge is 2.17. The fourth-order valence-corrected chi connectivity index (χ4v) is 3.44. The van der Waals surface area contributed by atoms with Crippen LogP contribution in [0.1, 0.15) is 26.7 Å². The van der Waals surface area contributed by atoms with Crippen LogP contribution in [0.25, 0.3) is 22.6 Å². The van der Waals surface area contributed by atoms with E-state index in [1.54, 1.807) is 6.08 Å². The maximum atomic E-state index is 12.2. The second-order valence-corrected chi connectivity index (χ2v) is 7.08. The minimum Gasteiger partial charge on any atom is -0.431 e. The van der Waals surface area contributed by atoms with Crippen LogP contribution in [0, 0.1) is 0 Å². The molecule has 0 aliphatic heterocycles. The largest absolute Gasteiger partial charge is 0.431 e. The highest BCUT2D eigenvalue weighted by molar-refractivity contribution is 7.99. The van der Waals surface area contributed by atoms with Crippen LogP contribution in [0.5, 0.6) is 0 Å². The zero-order valence-electron chi connectivity index (χ0n) is 15.6. The molecule has 0 N–H and O–H groups in total. The fourth-order valence-electron chi connectivity index (χ4n) is 2.80. The van der Waals surface area contributed by atoms with Gasteiger partial charge < -0.3 is 4.42 Å². The van der Waals surface area contributed by atoms with Crippen molar-refractivity contribution < 1.29 is 9.21 Å². The van der Waals surface area contributed by atoms with Crippen molar-refractivity contribution in [3.05, 3.63) is 72.3 Å². The Bertz CT molecular complexity index is 851. The zero-order chi connectivity index (χ0) is 19.1. The number of aromatic nitrogens is 1. The quantitative estimate of drug-likeness (QED) is 0.336. The van der Waals surface area contributed by atoms with Crippen molar-refractivity contribution in [2.24, 2.45) is 0 Å². The standard InChI is InChI=1S/C23H23NO2S/c1-3-17(4-2)15-20(25)16-27-23-24-21(18-11-7-5-8-12-18)22(26-23)19-13-9-6-10-14-19/h5-15H,3-4,16H2,1-2H3. The first-order valence-corrected chi connectivity index (χ1v) is 10.2. The first-order valence-electron chi connectivity index (χ1n) is 9.18. The number of hydrogen-bond donors (Lipinski definition) is 0. The van der Waals surface area contributed by atoms with Gasteiger partial charge in [-0.3, -0.25) is 4.79 Å². The molecule has 4 heteroatoms. The molecule has 0 fully saturated rings. The molecule has 0 spiro atoms. The topological polar surface area (TPSA) is 43.1 Å². The van der Waals surface area contributed by atoms with Gasteiger partial charge in [0.15, 0.2) is 11.5 Å². The number of thioether (sulfide) groups is 1. The highest BCUT2D eigenvalue weighted by Crippen LogP contribution is 2.35. The number of carbonyl (C=O) groups is 1. The van der Waals surface area contributed by atoms with Crippen molar-refractivity contribution in [2.75, 3.05) is 5.75 Å². The molecule has 0 atom stereocenters. The van der Waals surface area contributed by atoms with Gasteiger partial charge in [-0.25, -0.2) is 4.98 Å². The molecule has 0 saturated carbocycles. The third-order valence-corrected chi connectivity index (χ3v) is 5.15. The Morgan fingerprint density at radius 2 is 1.56 bits per heavy atom. The van der Waals surface area contributed by atoms with Gasteiger partial charge in [0, 0.05) is 11.1 Å². The minimum atomic E-state index is 0.0967. The summed E-state index contributed by atoms with van der Waals surface area (Å²) in [4.78, 5) is 16.9. The van der Waals surface area contributed by atoms with Crippen molar-refractivity contribution in [2.45, 2.75) is 31.9 Å². The lowest BCUT2D eigenvalue weighted by Crippen LogP contribution is -1.98. The van der Waals surface area contributed by atoms with Gasteiger partial charge >= 0.3 is 0 Å². The van der Waals surface area contributed by atoms with Crippen LogP contribution in [0.2, 0.25) is 0 Å². The van der Waals surface area contributed by atoms with Crippen molar-refractivity contribution >= 4 is 17.5 Å². The molecule has 2 aromatic carbocycles. The predicted octanol–water partition coefficient (Wildman–Crippen LogP) is 6.42. The summed E-state index contributed by atoms with van der Waals surface area (Å²) in [5, 5.41) is 0.518. The third-order valence-electron chi connectivity index (χ3n) is 4.30. The normalized spacial score (nSPS) is 10.6. The van der Waals surface area contributed by atoms with E-state index in [2.05, 4.69) is 18.8 Å². The molecule has 138 valence electrons. The zero-order valence-corrected chi connectivity index (χ0v) is 16.5. The van der Waals surface area contributed by atoms with E-state index in [-0.39, 0.29) is 5.78 Å². The predicted molar refractivity (Wildman–Crippen MR) is 112 cm³/mol.